The van der Waals surface area contributed by atoms with Crippen molar-refractivity contribution in [2.75, 3.05) is 5.75 Å². The zero-order valence-electron chi connectivity index (χ0n) is 17.3. The third kappa shape index (κ3) is 4.13. The Morgan fingerprint density at radius 2 is 1.97 bits per heavy atom. The fraction of sp³-hybridized carbons (Fsp3) is 0.500. The first-order valence-electron chi connectivity index (χ1n) is 10.0. The van der Waals surface area contributed by atoms with Gasteiger partial charge in [0, 0.05) is 29.6 Å². The molecule has 1 amide bonds. The summed E-state index contributed by atoms with van der Waals surface area (Å²) in [4.78, 5) is 12.5. The number of carbonyl (C=O) groups excluding carboxylic acids is 1. The summed E-state index contributed by atoms with van der Waals surface area (Å²) in [5, 5.41) is 23.4. The monoisotopic (exact) mass is 487 g/mol. The van der Waals surface area contributed by atoms with Crippen molar-refractivity contribution in [3.05, 3.63) is 40.7 Å². The summed E-state index contributed by atoms with van der Waals surface area (Å²) in [5.41, 5.74) is -2.13. The number of hydrazone groups is 1. The highest BCUT2D eigenvalue weighted by Gasteiger charge is 2.62. The van der Waals surface area contributed by atoms with Gasteiger partial charge in [-0.3, -0.25) is 4.79 Å². The van der Waals surface area contributed by atoms with Gasteiger partial charge < -0.3 is 9.67 Å². The van der Waals surface area contributed by atoms with E-state index in [0.717, 1.165) is 29.6 Å². The van der Waals surface area contributed by atoms with Crippen LogP contribution in [0.1, 0.15) is 49.9 Å². The van der Waals surface area contributed by atoms with Crippen LogP contribution in [0.3, 0.4) is 0 Å². The van der Waals surface area contributed by atoms with Crippen molar-refractivity contribution in [3.63, 3.8) is 0 Å². The highest BCUT2D eigenvalue weighted by molar-refractivity contribution is 7.99. The summed E-state index contributed by atoms with van der Waals surface area (Å²) in [6.45, 7) is 3.80. The van der Waals surface area contributed by atoms with Crippen molar-refractivity contribution in [1.29, 1.82) is 0 Å². The number of amides is 1. The quantitative estimate of drug-likeness (QED) is 0.618. The van der Waals surface area contributed by atoms with Crippen LogP contribution in [0.15, 0.2) is 34.5 Å². The SMILES string of the molecule is CCn1c(SCC(=O)N2N=C(C)C[C@]2(O)C(F)(F)F)nnc1[C@H]1C[C@@H]1c1ccc(Cl)cc1. The molecule has 0 spiro atoms. The Balaban J connectivity index is 1.45. The molecule has 1 N–H and O–H groups in total. The first-order chi connectivity index (χ1) is 15.0. The van der Waals surface area contributed by atoms with Crippen molar-refractivity contribution in [2.45, 2.75) is 62.1 Å². The number of aliphatic hydroxyl groups is 1. The summed E-state index contributed by atoms with van der Waals surface area (Å²) in [5.74, 6) is -0.0631. The Bertz CT molecular complexity index is 1060. The van der Waals surface area contributed by atoms with Crippen molar-refractivity contribution in [1.82, 2.24) is 19.8 Å². The molecular formula is C20H21ClF3N5O2S. The van der Waals surface area contributed by atoms with Crippen LogP contribution in [0.25, 0.3) is 0 Å². The molecule has 0 unspecified atom stereocenters. The van der Waals surface area contributed by atoms with Crippen molar-refractivity contribution in [3.8, 4) is 0 Å². The summed E-state index contributed by atoms with van der Waals surface area (Å²) in [7, 11) is 0. The Morgan fingerprint density at radius 3 is 2.59 bits per heavy atom. The molecule has 172 valence electrons. The second kappa shape index (κ2) is 8.35. The molecule has 3 atom stereocenters. The summed E-state index contributed by atoms with van der Waals surface area (Å²) in [6, 6.07) is 7.64. The molecule has 0 radical (unpaired) electrons. The molecule has 1 aromatic carbocycles. The lowest BCUT2D eigenvalue weighted by Crippen LogP contribution is -2.57. The first-order valence-corrected chi connectivity index (χ1v) is 11.4. The predicted octanol–water partition coefficient (Wildman–Crippen LogP) is 4.17. The first kappa shape index (κ1) is 23.1. The number of nitrogens with zero attached hydrogens (tertiary/aromatic N) is 5. The van der Waals surface area contributed by atoms with Gasteiger partial charge in [-0.15, -0.1) is 10.2 Å². The lowest BCUT2D eigenvalue weighted by atomic mass is 10.1. The van der Waals surface area contributed by atoms with Gasteiger partial charge in [0.2, 0.25) is 0 Å². The molecule has 1 aliphatic carbocycles. The van der Waals surface area contributed by atoms with E-state index < -0.39 is 24.2 Å². The van der Waals surface area contributed by atoms with E-state index >= 15 is 0 Å². The molecule has 0 saturated heterocycles. The maximum Gasteiger partial charge on any atom is 0.438 e. The molecule has 0 bridgehead atoms. The second-order valence-electron chi connectivity index (χ2n) is 7.91. The molecule has 1 aromatic heterocycles. The van der Waals surface area contributed by atoms with Crippen LogP contribution in [-0.4, -0.2) is 54.2 Å². The standard InChI is InChI=1S/C20H21ClF3N5O2S/c1-3-28-17(15-8-14(15)12-4-6-13(21)7-5-12)25-26-18(28)32-10-16(30)29-19(31,20(22,23)24)9-11(2)27-29/h4-7,14-15,31H,3,8-10H2,1-2H3/t14-,15+,19+/m1/s1. The second-order valence-corrected chi connectivity index (χ2v) is 9.28. The fourth-order valence-electron chi connectivity index (χ4n) is 3.93. The smallest absolute Gasteiger partial charge is 0.362 e. The highest BCUT2D eigenvalue weighted by atomic mass is 35.5. The number of rotatable bonds is 6. The third-order valence-electron chi connectivity index (χ3n) is 5.62. The van der Waals surface area contributed by atoms with Gasteiger partial charge in [-0.2, -0.15) is 23.3 Å². The lowest BCUT2D eigenvalue weighted by molar-refractivity contribution is -0.301. The number of benzene rings is 1. The largest absolute Gasteiger partial charge is 0.438 e. The van der Waals surface area contributed by atoms with Crippen molar-refractivity contribution < 1.29 is 23.1 Å². The molecule has 1 aliphatic heterocycles. The number of hydrogen-bond donors (Lipinski definition) is 1. The van der Waals surface area contributed by atoms with Gasteiger partial charge in [0.1, 0.15) is 5.82 Å². The lowest BCUT2D eigenvalue weighted by Gasteiger charge is -2.32. The average molecular weight is 488 g/mol. The predicted molar refractivity (Wildman–Crippen MR) is 114 cm³/mol. The number of aromatic nitrogens is 3. The minimum atomic E-state index is -5.02. The molecule has 12 heteroatoms. The van der Waals surface area contributed by atoms with E-state index in [9.17, 15) is 23.1 Å². The number of thioether (sulfide) groups is 1. The van der Waals surface area contributed by atoms with E-state index in [1.807, 2.05) is 35.8 Å². The van der Waals surface area contributed by atoms with E-state index in [1.54, 1.807) is 0 Å². The van der Waals surface area contributed by atoms with Gasteiger partial charge in [-0.05, 0) is 43.9 Å². The molecule has 7 nitrogen and oxygen atoms in total. The number of hydrogen-bond acceptors (Lipinski definition) is 6. The van der Waals surface area contributed by atoms with Gasteiger partial charge in [0.25, 0.3) is 11.6 Å². The number of carbonyl (C=O) groups is 1. The Kier molecular flexibility index (Phi) is 6.01. The Labute approximate surface area is 191 Å². The average Bonchev–Trinajstić information content (AvgIpc) is 3.29. The Hall–Kier alpha value is -2.11. The molecular weight excluding hydrogens is 467 g/mol. The van der Waals surface area contributed by atoms with Gasteiger partial charge in [0.15, 0.2) is 5.16 Å². The van der Waals surface area contributed by atoms with Crippen molar-refractivity contribution >= 4 is 35.0 Å². The minimum Gasteiger partial charge on any atom is -0.362 e. The zero-order chi connectivity index (χ0) is 23.3. The van der Waals surface area contributed by atoms with Crippen LogP contribution >= 0.6 is 23.4 Å². The highest BCUT2D eigenvalue weighted by Crippen LogP contribution is 2.54. The van der Waals surface area contributed by atoms with E-state index in [0.29, 0.717) is 22.6 Å². The summed E-state index contributed by atoms with van der Waals surface area (Å²) >= 11 is 6.93. The molecule has 2 aromatic rings. The maximum absolute atomic E-state index is 13.4. The van der Waals surface area contributed by atoms with Crippen LogP contribution in [0.5, 0.6) is 0 Å². The molecule has 2 heterocycles. The van der Waals surface area contributed by atoms with Crippen LogP contribution < -0.4 is 0 Å². The van der Waals surface area contributed by atoms with Crippen LogP contribution in [0.4, 0.5) is 13.2 Å². The minimum absolute atomic E-state index is 0.0316. The van der Waals surface area contributed by atoms with Crippen LogP contribution in [0, 0.1) is 0 Å². The maximum atomic E-state index is 13.4. The van der Waals surface area contributed by atoms with E-state index in [4.69, 9.17) is 11.6 Å². The Morgan fingerprint density at radius 1 is 1.28 bits per heavy atom. The van der Waals surface area contributed by atoms with Crippen LogP contribution in [-0.2, 0) is 11.3 Å². The topological polar surface area (TPSA) is 83.6 Å². The molecule has 2 aliphatic rings. The van der Waals surface area contributed by atoms with E-state index in [-0.39, 0.29) is 22.4 Å². The molecule has 32 heavy (non-hydrogen) atoms. The van der Waals surface area contributed by atoms with E-state index in [2.05, 4.69) is 15.3 Å². The number of alkyl halides is 3. The summed E-state index contributed by atoms with van der Waals surface area (Å²) in [6.07, 6.45) is -4.88. The molecule has 4 rings (SSSR count). The number of halogens is 4. The molecule has 1 fully saturated rings. The zero-order valence-corrected chi connectivity index (χ0v) is 18.9. The van der Waals surface area contributed by atoms with E-state index in [1.165, 1.54) is 6.92 Å². The summed E-state index contributed by atoms with van der Waals surface area (Å²) < 4.78 is 41.9. The normalized spacial score (nSPS) is 25.2. The van der Waals surface area contributed by atoms with Crippen LogP contribution in [0.2, 0.25) is 5.02 Å². The third-order valence-corrected chi connectivity index (χ3v) is 6.82. The van der Waals surface area contributed by atoms with Gasteiger partial charge in [0.05, 0.1) is 5.75 Å². The van der Waals surface area contributed by atoms with Gasteiger partial charge in [-0.25, -0.2) is 0 Å². The van der Waals surface area contributed by atoms with Gasteiger partial charge >= 0.3 is 6.18 Å². The van der Waals surface area contributed by atoms with Crippen molar-refractivity contribution in [2.24, 2.45) is 5.10 Å². The van der Waals surface area contributed by atoms with Gasteiger partial charge in [-0.1, -0.05) is 35.5 Å². The fourth-order valence-corrected chi connectivity index (χ4v) is 4.91. The molecule has 1 saturated carbocycles.